The van der Waals surface area contributed by atoms with Crippen LogP contribution in [0, 0.1) is 0 Å². The summed E-state index contributed by atoms with van der Waals surface area (Å²) in [6, 6.07) is 3.10. The average molecular weight is 245 g/mol. The molecule has 0 fully saturated rings. The van der Waals surface area contributed by atoms with Crippen molar-refractivity contribution < 1.29 is 9.18 Å². The van der Waals surface area contributed by atoms with Crippen molar-refractivity contribution in [2.75, 3.05) is 5.32 Å². The second-order valence-electron chi connectivity index (χ2n) is 2.23. The lowest BCUT2D eigenvalue weighted by atomic mass is 10.4. The third-order valence-electron chi connectivity index (χ3n) is 1.23. The minimum atomic E-state index is -1.02. The molecule has 1 aromatic rings. The topological polar surface area (TPSA) is 42.0 Å². The molecule has 0 aliphatic carbocycles. The molecule has 1 aromatic heterocycles. The van der Waals surface area contributed by atoms with Crippen molar-refractivity contribution in [3.05, 3.63) is 35.3 Å². The smallest absolute Gasteiger partial charge is 0.283 e. The van der Waals surface area contributed by atoms with Crippen molar-refractivity contribution in [2.45, 2.75) is 0 Å². The number of carbonyl (C=O) groups excluding carboxylic acids is 1. The number of nitrogens with one attached hydrogen (secondary N) is 1. The standard InChI is InChI=1S/C8H6BrFN2O/c1-5(10)8(13)12-6-2-3-11-7(9)4-6/h2-4H,1H2,(H,11,12,13). The molecule has 68 valence electrons. The molecule has 1 amide bonds. The average Bonchev–Trinajstić information content (AvgIpc) is 2.04. The van der Waals surface area contributed by atoms with Crippen LogP contribution in [-0.2, 0) is 4.79 Å². The lowest BCUT2D eigenvalue weighted by Crippen LogP contribution is -2.11. The van der Waals surface area contributed by atoms with E-state index in [-0.39, 0.29) is 0 Å². The Hall–Kier alpha value is -1.23. The first-order valence-electron chi connectivity index (χ1n) is 3.37. The number of hydrogen-bond donors (Lipinski definition) is 1. The molecule has 0 aromatic carbocycles. The molecule has 0 saturated carbocycles. The van der Waals surface area contributed by atoms with Crippen LogP contribution in [0.1, 0.15) is 0 Å². The molecular formula is C8H6BrFN2O. The predicted molar refractivity (Wildman–Crippen MR) is 50.8 cm³/mol. The van der Waals surface area contributed by atoms with E-state index in [1.165, 1.54) is 6.20 Å². The fourth-order valence-electron chi connectivity index (χ4n) is 0.679. The van der Waals surface area contributed by atoms with Crippen molar-refractivity contribution in [2.24, 2.45) is 0 Å². The number of anilines is 1. The Kier molecular flexibility index (Phi) is 3.13. The fourth-order valence-corrected chi connectivity index (χ4v) is 1.04. The lowest BCUT2D eigenvalue weighted by Gasteiger charge is -2.01. The summed E-state index contributed by atoms with van der Waals surface area (Å²) < 4.78 is 12.8. The van der Waals surface area contributed by atoms with E-state index in [9.17, 15) is 9.18 Å². The van der Waals surface area contributed by atoms with Gasteiger partial charge in [0.05, 0.1) is 0 Å². The lowest BCUT2D eigenvalue weighted by molar-refractivity contribution is -0.114. The van der Waals surface area contributed by atoms with Gasteiger partial charge < -0.3 is 5.32 Å². The first kappa shape index (κ1) is 9.85. The second-order valence-corrected chi connectivity index (χ2v) is 3.04. The van der Waals surface area contributed by atoms with Crippen LogP contribution in [0.2, 0.25) is 0 Å². The van der Waals surface area contributed by atoms with Gasteiger partial charge in [-0.15, -0.1) is 0 Å². The van der Waals surface area contributed by atoms with Crippen LogP contribution in [0.5, 0.6) is 0 Å². The largest absolute Gasteiger partial charge is 0.320 e. The van der Waals surface area contributed by atoms with Crippen LogP contribution in [0.3, 0.4) is 0 Å². The minimum Gasteiger partial charge on any atom is -0.320 e. The molecule has 13 heavy (non-hydrogen) atoms. The number of rotatable bonds is 2. The highest BCUT2D eigenvalue weighted by atomic mass is 79.9. The van der Waals surface area contributed by atoms with Gasteiger partial charge in [0.15, 0.2) is 5.83 Å². The van der Waals surface area contributed by atoms with Gasteiger partial charge >= 0.3 is 0 Å². The normalized spacial score (nSPS) is 9.38. The van der Waals surface area contributed by atoms with Crippen LogP contribution in [0.25, 0.3) is 0 Å². The third-order valence-corrected chi connectivity index (χ3v) is 1.66. The molecule has 0 saturated heterocycles. The zero-order valence-electron chi connectivity index (χ0n) is 6.55. The summed E-state index contributed by atoms with van der Waals surface area (Å²) in [6.07, 6.45) is 1.49. The molecule has 5 heteroatoms. The van der Waals surface area contributed by atoms with Crippen LogP contribution >= 0.6 is 15.9 Å². The van der Waals surface area contributed by atoms with Gasteiger partial charge in [0.25, 0.3) is 5.91 Å². The van der Waals surface area contributed by atoms with E-state index in [2.05, 4.69) is 32.8 Å². The van der Waals surface area contributed by atoms with E-state index in [0.29, 0.717) is 10.3 Å². The second kappa shape index (κ2) is 4.13. The molecular weight excluding hydrogens is 239 g/mol. The summed E-state index contributed by atoms with van der Waals surface area (Å²) in [5, 5.41) is 2.30. The Balaban J connectivity index is 2.75. The number of aromatic nitrogens is 1. The van der Waals surface area contributed by atoms with Gasteiger partial charge in [0.1, 0.15) is 4.60 Å². The number of carbonyl (C=O) groups is 1. The van der Waals surface area contributed by atoms with Gasteiger partial charge in [-0.1, -0.05) is 6.58 Å². The highest BCUT2D eigenvalue weighted by Gasteiger charge is 2.05. The van der Waals surface area contributed by atoms with Gasteiger partial charge in [-0.25, -0.2) is 9.37 Å². The van der Waals surface area contributed by atoms with E-state index < -0.39 is 11.7 Å². The maximum absolute atomic E-state index is 12.2. The Morgan fingerprint density at radius 3 is 2.92 bits per heavy atom. The van der Waals surface area contributed by atoms with Gasteiger partial charge in [-0.05, 0) is 28.1 Å². The molecule has 0 unspecified atom stereocenters. The summed E-state index contributed by atoms with van der Waals surface area (Å²) in [4.78, 5) is 14.6. The summed E-state index contributed by atoms with van der Waals surface area (Å²) in [7, 11) is 0. The van der Waals surface area contributed by atoms with E-state index >= 15 is 0 Å². The summed E-state index contributed by atoms with van der Waals surface area (Å²) >= 11 is 3.11. The van der Waals surface area contributed by atoms with E-state index in [1.807, 2.05) is 0 Å². The third kappa shape index (κ3) is 2.95. The van der Waals surface area contributed by atoms with Crippen molar-refractivity contribution >= 4 is 27.5 Å². The SMILES string of the molecule is C=C(F)C(=O)Nc1ccnc(Br)c1. The zero-order valence-corrected chi connectivity index (χ0v) is 8.14. The Bertz CT molecular complexity index is 354. The van der Waals surface area contributed by atoms with E-state index in [0.717, 1.165) is 0 Å². The Labute approximate surface area is 82.8 Å². The molecule has 3 nitrogen and oxygen atoms in total. The van der Waals surface area contributed by atoms with Crippen LogP contribution < -0.4 is 5.32 Å². The van der Waals surface area contributed by atoms with E-state index in [1.54, 1.807) is 12.1 Å². The summed E-state index contributed by atoms with van der Waals surface area (Å²) in [5.74, 6) is -1.87. The molecule has 0 spiro atoms. The highest BCUT2D eigenvalue weighted by molar-refractivity contribution is 9.10. The van der Waals surface area contributed by atoms with Crippen molar-refractivity contribution in [1.82, 2.24) is 4.98 Å². The van der Waals surface area contributed by atoms with Gasteiger partial charge in [0, 0.05) is 11.9 Å². The van der Waals surface area contributed by atoms with Crippen LogP contribution in [-0.4, -0.2) is 10.9 Å². The van der Waals surface area contributed by atoms with Crippen LogP contribution in [0.15, 0.2) is 35.3 Å². The van der Waals surface area contributed by atoms with Crippen molar-refractivity contribution in [3.63, 3.8) is 0 Å². The number of hydrogen-bond acceptors (Lipinski definition) is 2. The Morgan fingerprint density at radius 1 is 1.69 bits per heavy atom. The molecule has 0 aliphatic rings. The molecule has 0 aliphatic heterocycles. The van der Waals surface area contributed by atoms with E-state index in [4.69, 9.17) is 0 Å². The van der Waals surface area contributed by atoms with Crippen molar-refractivity contribution in [1.29, 1.82) is 0 Å². The fraction of sp³-hybridized carbons (Fsp3) is 0. The molecule has 0 bridgehead atoms. The van der Waals surface area contributed by atoms with Crippen LogP contribution in [0.4, 0.5) is 10.1 Å². The molecule has 0 radical (unpaired) electrons. The van der Waals surface area contributed by atoms with Gasteiger partial charge in [0.2, 0.25) is 0 Å². The molecule has 1 rings (SSSR count). The molecule has 1 heterocycles. The zero-order chi connectivity index (χ0) is 9.84. The highest BCUT2D eigenvalue weighted by Crippen LogP contribution is 2.13. The predicted octanol–water partition coefficient (Wildman–Crippen LogP) is 2.27. The summed E-state index contributed by atoms with van der Waals surface area (Å²) in [6.45, 7) is 2.87. The van der Waals surface area contributed by atoms with Gasteiger partial charge in [-0.3, -0.25) is 4.79 Å². The molecule has 0 atom stereocenters. The number of halogens is 2. The molecule has 1 N–H and O–H groups in total. The first-order valence-corrected chi connectivity index (χ1v) is 4.16. The monoisotopic (exact) mass is 244 g/mol. The summed E-state index contributed by atoms with van der Waals surface area (Å²) in [5.41, 5.74) is 0.464. The quantitative estimate of drug-likeness (QED) is 0.641. The number of amides is 1. The Morgan fingerprint density at radius 2 is 2.38 bits per heavy atom. The number of nitrogens with zero attached hydrogens (tertiary/aromatic N) is 1. The minimum absolute atomic E-state index is 0.464. The first-order chi connectivity index (χ1) is 6.09. The number of pyridine rings is 1. The maximum atomic E-state index is 12.2. The van der Waals surface area contributed by atoms with Crippen molar-refractivity contribution in [3.8, 4) is 0 Å². The van der Waals surface area contributed by atoms with Gasteiger partial charge in [-0.2, -0.15) is 0 Å². The maximum Gasteiger partial charge on any atom is 0.283 e.